The zero-order valence-corrected chi connectivity index (χ0v) is 11.8. The van der Waals surface area contributed by atoms with Crippen LogP contribution in [-0.4, -0.2) is 47.6 Å². The third-order valence-corrected chi connectivity index (χ3v) is 3.42. The van der Waals surface area contributed by atoms with Gasteiger partial charge in [-0.1, -0.05) is 5.21 Å². The fourth-order valence-electron chi connectivity index (χ4n) is 2.21. The van der Waals surface area contributed by atoms with Gasteiger partial charge in [0.25, 0.3) is 0 Å². The molecule has 1 aliphatic carbocycles. The second kappa shape index (κ2) is 6.29. The summed E-state index contributed by atoms with van der Waals surface area (Å²) >= 11 is 0. The monoisotopic (exact) mass is 251 g/mol. The average molecular weight is 251 g/mol. The predicted molar refractivity (Wildman–Crippen MR) is 72.4 cm³/mol. The molecule has 0 saturated heterocycles. The lowest BCUT2D eigenvalue weighted by molar-refractivity contribution is 0.376. The summed E-state index contributed by atoms with van der Waals surface area (Å²) < 4.78 is 2.12. The first-order valence-electron chi connectivity index (χ1n) is 6.91. The molecular weight excluding hydrogens is 226 g/mol. The summed E-state index contributed by atoms with van der Waals surface area (Å²) in [6, 6.07) is 0. The molecule has 1 heterocycles. The van der Waals surface area contributed by atoms with E-state index < -0.39 is 0 Å². The maximum atomic E-state index is 4.32. The van der Waals surface area contributed by atoms with Crippen LogP contribution >= 0.6 is 0 Å². The summed E-state index contributed by atoms with van der Waals surface area (Å²) in [7, 11) is 6.18. The van der Waals surface area contributed by atoms with E-state index in [1.807, 2.05) is 7.05 Å². The van der Waals surface area contributed by atoms with Gasteiger partial charge in [0.2, 0.25) is 0 Å². The van der Waals surface area contributed by atoms with Gasteiger partial charge in [0.05, 0.1) is 11.4 Å². The van der Waals surface area contributed by atoms with Crippen LogP contribution in [0.1, 0.15) is 30.7 Å². The maximum absolute atomic E-state index is 4.32. The predicted octanol–water partition coefficient (Wildman–Crippen LogP) is 0.902. The van der Waals surface area contributed by atoms with Gasteiger partial charge in [-0.05, 0) is 59.3 Å². The van der Waals surface area contributed by atoms with Crippen molar-refractivity contribution in [3.05, 3.63) is 11.4 Å². The van der Waals surface area contributed by atoms with E-state index in [1.54, 1.807) is 0 Å². The molecule has 1 aliphatic rings. The van der Waals surface area contributed by atoms with Gasteiger partial charge in [-0.2, -0.15) is 0 Å². The summed E-state index contributed by atoms with van der Waals surface area (Å²) in [5.41, 5.74) is 2.49. The smallest absolute Gasteiger partial charge is 0.0996 e. The molecule has 1 fully saturated rings. The van der Waals surface area contributed by atoms with Crippen molar-refractivity contribution < 1.29 is 0 Å². The summed E-state index contributed by atoms with van der Waals surface area (Å²) in [5.74, 6) is 0.881. The molecule has 1 aromatic rings. The molecule has 0 bridgehead atoms. The van der Waals surface area contributed by atoms with E-state index in [0.717, 1.165) is 44.1 Å². The minimum Gasteiger partial charge on any atom is -0.314 e. The molecule has 0 atom stereocenters. The molecule has 1 aromatic heterocycles. The van der Waals surface area contributed by atoms with Crippen LogP contribution in [0, 0.1) is 5.92 Å². The van der Waals surface area contributed by atoms with Crippen molar-refractivity contribution in [1.82, 2.24) is 25.2 Å². The number of aromatic nitrogens is 3. The van der Waals surface area contributed by atoms with Gasteiger partial charge < -0.3 is 10.2 Å². The molecule has 5 nitrogen and oxygen atoms in total. The Morgan fingerprint density at radius 3 is 2.78 bits per heavy atom. The molecule has 18 heavy (non-hydrogen) atoms. The van der Waals surface area contributed by atoms with Crippen LogP contribution in [0.3, 0.4) is 0 Å². The lowest BCUT2D eigenvalue weighted by atomic mass is 10.1. The van der Waals surface area contributed by atoms with Gasteiger partial charge in [0, 0.05) is 13.1 Å². The quantitative estimate of drug-likeness (QED) is 0.746. The van der Waals surface area contributed by atoms with Crippen molar-refractivity contribution in [2.45, 2.75) is 38.8 Å². The second-order valence-corrected chi connectivity index (χ2v) is 5.54. The Hall–Kier alpha value is -0.940. The molecule has 0 aliphatic heterocycles. The van der Waals surface area contributed by atoms with Crippen molar-refractivity contribution in [2.24, 2.45) is 5.92 Å². The third-order valence-electron chi connectivity index (χ3n) is 3.42. The van der Waals surface area contributed by atoms with E-state index in [1.165, 1.54) is 18.5 Å². The van der Waals surface area contributed by atoms with E-state index >= 15 is 0 Å². The standard InChI is InChI=1S/C13H25N5/c1-14-10-12-13(9-11-5-6-11)18(16-15-12)8-4-7-17(2)3/h11,14H,4-10H2,1-3H3. The molecule has 0 radical (unpaired) electrons. The summed E-state index contributed by atoms with van der Waals surface area (Å²) in [6.07, 6.45) is 5.04. The van der Waals surface area contributed by atoms with Crippen LogP contribution in [-0.2, 0) is 19.5 Å². The molecule has 0 unspecified atom stereocenters. The molecule has 1 N–H and O–H groups in total. The Morgan fingerprint density at radius 1 is 1.39 bits per heavy atom. The van der Waals surface area contributed by atoms with E-state index in [4.69, 9.17) is 0 Å². The SMILES string of the molecule is CNCc1nnn(CCCN(C)C)c1CC1CC1. The highest BCUT2D eigenvalue weighted by Crippen LogP contribution is 2.33. The average Bonchev–Trinajstić information content (AvgIpc) is 3.06. The Morgan fingerprint density at radius 2 is 2.17 bits per heavy atom. The van der Waals surface area contributed by atoms with Crippen LogP contribution in [0.2, 0.25) is 0 Å². The molecule has 1 saturated carbocycles. The van der Waals surface area contributed by atoms with Gasteiger partial charge in [0.1, 0.15) is 0 Å². The minimum absolute atomic E-state index is 0.829. The highest BCUT2D eigenvalue weighted by molar-refractivity contribution is 5.12. The molecule has 2 rings (SSSR count). The van der Waals surface area contributed by atoms with Crippen molar-refractivity contribution in [3.8, 4) is 0 Å². The number of hydrogen-bond donors (Lipinski definition) is 1. The van der Waals surface area contributed by atoms with Crippen molar-refractivity contribution >= 4 is 0 Å². The summed E-state index contributed by atoms with van der Waals surface area (Å²) in [4.78, 5) is 2.21. The highest BCUT2D eigenvalue weighted by atomic mass is 15.4. The Labute approximate surface area is 110 Å². The topological polar surface area (TPSA) is 46.0 Å². The number of nitrogens with one attached hydrogen (secondary N) is 1. The molecule has 5 heteroatoms. The Kier molecular flexibility index (Phi) is 4.72. The molecular formula is C13H25N5. The summed E-state index contributed by atoms with van der Waals surface area (Å²) in [6.45, 7) is 2.91. The van der Waals surface area contributed by atoms with E-state index in [-0.39, 0.29) is 0 Å². The molecule has 102 valence electrons. The minimum atomic E-state index is 0.829. The van der Waals surface area contributed by atoms with Crippen LogP contribution < -0.4 is 5.32 Å². The van der Waals surface area contributed by atoms with Crippen molar-refractivity contribution in [1.29, 1.82) is 0 Å². The molecule has 0 amide bonds. The third kappa shape index (κ3) is 3.78. The van der Waals surface area contributed by atoms with Gasteiger partial charge in [0.15, 0.2) is 0 Å². The van der Waals surface area contributed by atoms with Crippen LogP contribution in [0.5, 0.6) is 0 Å². The second-order valence-electron chi connectivity index (χ2n) is 5.54. The summed E-state index contributed by atoms with van der Waals surface area (Å²) in [5, 5.41) is 11.8. The Bertz CT molecular complexity index is 367. The maximum Gasteiger partial charge on any atom is 0.0996 e. The largest absolute Gasteiger partial charge is 0.314 e. The van der Waals surface area contributed by atoms with Gasteiger partial charge in [-0.15, -0.1) is 5.10 Å². The zero-order valence-electron chi connectivity index (χ0n) is 11.8. The number of hydrogen-bond acceptors (Lipinski definition) is 4. The fraction of sp³-hybridized carbons (Fsp3) is 0.846. The van der Waals surface area contributed by atoms with Gasteiger partial charge >= 0.3 is 0 Å². The van der Waals surface area contributed by atoms with Crippen molar-refractivity contribution in [2.75, 3.05) is 27.7 Å². The van der Waals surface area contributed by atoms with Crippen molar-refractivity contribution in [3.63, 3.8) is 0 Å². The number of nitrogens with zero attached hydrogens (tertiary/aromatic N) is 4. The molecule has 0 spiro atoms. The van der Waals surface area contributed by atoms with Crippen LogP contribution in [0.25, 0.3) is 0 Å². The number of rotatable bonds is 8. The number of aryl methyl sites for hydroxylation is 1. The Balaban J connectivity index is 1.98. The van der Waals surface area contributed by atoms with Crippen LogP contribution in [0.15, 0.2) is 0 Å². The first-order valence-corrected chi connectivity index (χ1v) is 6.91. The highest BCUT2D eigenvalue weighted by Gasteiger charge is 2.25. The van der Waals surface area contributed by atoms with E-state index in [0.29, 0.717) is 0 Å². The lowest BCUT2D eigenvalue weighted by Crippen LogP contribution is -2.17. The zero-order chi connectivity index (χ0) is 13.0. The first-order chi connectivity index (χ1) is 8.70. The normalized spacial score (nSPS) is 15.6. The molecule has 0 aromatic carbocycles. The van der Waals surface area contributed by atoms with Crippen LogP contribution in [0.4, 0.5) is 0 Å². The first kappa shape index (κ1) is 13.5. The van der Waals surface area contributed by atoms with Gasteiger partial charge in [-0.3, -0.25) is 0 Å². The van der Waals surface area contributed by atoms with E-state index in [2.05, 4.69) is 39.3 Å². The lowest BCUT2D eigenvalue weighted by Gasteiger charge is -2.11. The van der Waals surface area contributed by atoms with Gasteiger partial charge in [-0.25, -0.2) is 4.68 Å². The fourth-order valence-corrected chi connectivity index (χ4v) is 2.21. The van der Waals surface area contributed by atoms with E-state index in [9.17, 15) is 0 Å².